The molecule has 1 amide bonds. The summed E-state index contributed by atoms with van der Waals surface area (Å²) in [4.78, 5) is 26.5. The van der Waals surface area contributed by atoms with Crippen LogP contribution in [0.25, 0.3) is 0 Å². The molecule has 2 aromatic carbocycles. The number of nitrogens with zero attached hydrogens (tertiary/aromatic N) is 1. The summed E-state index contributed by atoms with van der Waals surface area (Å²) in [5, 5.41) is 2.70. The van der Waals surface area contributed by atoms with E-state index >= 15 is 0 Å². The van der Waals surface area contributed by atoms with Gasteiger partial charge in [-0.15, -0.1) is 0 Å². The number of nitrogens with one attached hydrogen (secondary N) is 1. The van der Waals surface area contributed by atoms with Gasteiger partial charge in [-0.05, 0) is 37.3 Å². The van der Waals surface area contributed by atoms with Crippen LogP contribution in [0.2, 0.25) is 0 Å². The molecule has 0 spiro atoms. The second-order valence-corrected chi connectivity index (χ2v) is 6.05. The van der Waals surface area contributed by atoms with Crippen molar-refractivity contribution >= 4 is 23.3 Å². The molecule has 0 aliphatic carbocycles. The summed E-state index contributed by atoms with van der Waals surface area (Å²) in [6.07, 6.45) is -0.948. The molecule has 1 aliphatic rings. The molecule has 136 valence electrons. The lowest BCUT2D eigenvalue weighted by Crippen LogP contribution is -2.30. The minimum Gasteiger partial charge on any atom is -0.454 e. The number of carbonyl (C=O) groups is 2. The highest BCUT2D eigenvalue weighted by Gasteiger charge is 2.21. The van der Waals surface area contributed by atoms with Crippen molar-refractivity contribution in [3.8, 4) is 11.5 Å². The van der Waals surface area contributed by atoms with E-state index in [1.165, 1.54) is 6.92 Å². The van der Waals surface area contributed by atoms with Crippen LogP contribution in [0.4, 0.5) is 11.4 Å². The van der Waals surface area contributed by atoms with Crippen LogP contribution in [0.5, 0.6) is 11.5 Å². The van der Waals surface area contributed by atoms with Crippen molar-refractivity contribution in [3.05, 3.63) is 48.0 Å². The van der Waals surface area contributed by atoms with Gasteiger partial charge in [-0.3, -0.25) is 4.79 Å². The maximum Gasteiger partial charge on any atom is 0.338 e. The van der Waals surface area contributed by atoms with E-state index in [1.807, 2.05) is 25.1 Å². The van der Waals surface area contributed by atoms with Gasteiger partial charge >= 0.3 is 5.97 Å². The summed E-state index contributed by atoms with van der Waals surface area (Å²) in [5.74, 6) is 0.208. The Labute approximate surface area is 151 Å². The summed E-state index contributed by atoms with van der Waals surface area (Å²) in [6, 6.07) is 12.1. The molecule has 7 nitrogen and oxygen atoms in total. The molecule has 0 saturated carbocycles. The highest BCUT2D eigenvalue weighted by atomic mass is 16.7. The lowest BCUT2D eigenvalue weighted by Gasteiger charge is -2.16. The number of ether oxygens (including phenoxy) is 3. The SMILES string of the molecule is CC(OC(=O)c1cccc(N(C)C)c1)C(=O)Nc1ccc2c(c1)OCO2. The van der Waals surface area contributed by atoms with Gasteiger partial charge < -0.3 is 24.4 Å². The Kier molecular flexibility index (Phi) is 4.97. The summed E-state index contributed by atoms with van der Waals surface area (Å²) in [5.41, 5.74) is 1.80. The molecular weight excluding hydrogens is 336 g/mol. The molecule has 1 aliphatic heterocycles. The van der Waals surface area contributed by atoms with Crippen LogP contribution in [0.15, 0.2) is 42.5 Å². The molecule has 1 heterocycles. The number of anilines is 2. The van der Waals surface area contributed by atoms with Gasteiger partial charge in [0.2, 0.25) is 6.79 Å². The lowest BCUT2D eigenvalue weighted by atomic mass is 10.2. The van der Waals surface area contributed by atoms with Crippen LogP contribution in [-0.4, -0.2) is 38.9 Å². The number of amides is 1. The predicted octanol–water partition coefficient (Wildman–Crippen LogP) is 2.67. The van der Waals surface area contributed by atoms with Gasteiger partial charge in [-0.1, -0.05) is 6.07 Å². The summed E-state index contributed by atoms with van der Waals surface area (Å²) in [7, 11) is 3.76. The topological polar surface area (TPSA) is 77.1 Å². The van der Waals surface area contributed by atoms with Crippen LogP contribution in [0, 0.1) is 0 Å². The normalized spacial score (nSPS) is 13.0. The second-order valence-electron chi connectivity index (χ2n) is 6.05. The molecule has 7 heteroatoms. The van der Waals surface area contributed by atoms with Crippen LogP contribution >= 0.6 is 0 Å². The van der Waals surface area contributed by atoms with Crippen molar-refractivity contribution in [1.29, 1.82) is 0 Å². The minimum atomic E-state index is -0.948. The smallest absolute Gasteiger partial charge is 0.338 e. The van der Waals surface area contributed by atoms with E-state index < -0.39 is 18.0 Å². The Morgan fingerprint density at radius 2 is 1.88 bits per heavy atom. The number of fused-ring (bicyclic) bond motifs is 1. The summed E-state index contributed by atoms with van der Waals surface area (Å²) >= 11 is 0. The van der Waals surface area contributed by atoms with Crippen molar-refractivity contribution < 1.29 is 23.8 Å². The molecule has 2 aromatic rings. The minimum absolute atomic E-state index is 0.159. The van der Waals surface area contributed by atoms with Gasteiger partial charge in [0.05, 0.1) is 5.56 Å². The third kappa shape index (κ3) is 3.88. The van der Waals surface area contributed by atoms with Crippen LogP contribution in [-0.2, 0) is 9.53 Å². The number of hydrogen-bond acceptors (Lipinski definition) is 6. The largest absolute Gasteiger partial charge is 0.454 e. The van der Waals surface area contributed by atoms with Crippen LogP contribution in [0.3, 0.4) is 0 Å². The number of hydrogen-bond donors (Lipinski definition) is 1. The van der Waals surface area contributed by atoms with Gasteiger partial charge in [0.25, 0.3) is 5.91 Å². The van der Waals surface area contributed by atoms with Gasteiger partial charge in [-0.2, -0.15) is 0 Å². The molecule has 0 aromatic heterocycles. The van der Waals surface area contributed by atoms with Crippen molar-refractivity contribution in [2.45, 2.75) is 13.0 Å². The Hall–Kier alpha value is -3.22. The molecule has 0 saturated heterocycles. The fourth-order valence-corrected chi connectivity index (χ4v) is 2.41. The molecule has 0 fully saturated rings. The van der Waals surface area contributed by atoms with E-state index in [1.54, 1.807) is 36.4 Å². The molecule has 0 bridgehead atoms. The summed E-state index contributed by atoms with van der Waals surface area (Å²) in [6.45, 7) is 1.68. The fraction of sp³-hybridized carbons (Fsp3) is 0.263. The first-order valence-corrected chi connectivity index (χ1v) is 8.13. The second kappa shape index (κ2) is 7.35. The Morgan fingerprint density at radius 3 is 2.65 bits per heavy atom. The van der Waals surface area contributed by atoms with Crippen molar-refractivity contribution in [3.63, 3.8) is 0 Å². The van der Waals surface area contributed by atoms with E-state index in [0.717, 1.165) is 5.69 Å². The molecule has 1 atom stereocenters. The highest BCUT2D eigenvalue weighted by Crippen LogP contribution is 2.34. The number of esters is 1. The lowest BCUT2D eigenvalue weighted by molar-refractivity contribution is -0.123. The van der Waals surface area contributed by atoms with Gasteiger partial charge in [0, 0.05) is 31.5 Å². The third-order valence-corrected chi connectivity index (χ3v) is 3.89. The average Bonchev–Trinajstić information content (AvgIpc) is 3.09. The third-order valence-electron chi connectivity index (χ3n) is 3.89. The van der Waals surface area contributed by atoms with E-state index in [0.29, 0.717) is 22.7 Å². The zero-order chi connectivity index (χ0) is 18.7. The van der Waals surface area contributed by atoms with Crippen molar-refractivity contribution in [2.24, 2.45) is 0 Å². The van der Waals surface area contributed by atoms with Gasteiger partial charge in [-0.25, -0.2) is 4.79 Å². The number of carbonyl (C=O) groups excluding carboxylic acids is 2. The van der Waals surface area contributed by atoms with Crippen LogP contribution < -0.4 is 19.7 Å². The molecule has 0 radical (unpaired) electrons. The molecule has 3 rings (SSSR count). The van der Waals surface area contributed by atoms with E-state index in [-0.39, 0.29) is 6.79 Å². The first-order chi connectivity index (χ1) is 12.4. The van der Waals surface area contributed by atoms with E-state index in [2.05, 4.69) is 5.32 Å². The Balaban J connectivity index is 1.62. The van der Waals surface area contributed by atoms with Crippen molar-refractivity contribution in [2.75, 3.05) is 31.1 Å². The maximum atomic E-state index is 12.3. The van der Waals surface area contributed by atoms with E-state index in [9.17, 15) is 9.59 Å². The van der Waals surface area contributed by atoms with Gasteiger partial charge in [0.15, 0.2) is 17.6 Å². The van der Waals surface area contributed by atoms with Crippen LogP contribution in [0.1, 0.15) is 17.3 Å². The Bertz CT molecular complexity index is 834. The average molecular weight is 356 g/mol. The standard InChI is InChI=1S/C19H20N2O5/c1-12(26-19(23)13-5-4-6-15(9-13)21(2)3)18(22)20-14-7-8-16-17(10-14)25-11-24-16/h4-10,12H,11H2,1-3H3,(H,20,22). The number of benzene rings is 2. The molecule has 1 N–H and O–H groups in total. The zero-order valence-corrected chi connectivity index (χ0v) is 14.8. The summed E-state index contributed by atoms with van der Waals surface area (Å²) < 4.78 is 15.8. The quantitative estimate of drug-likeness (QED) is 0.830. The number of rotatable bonds is 5. The predicted molar refractivity (Wildman–Crippen MR) is 96.8 cm³/mol. The first-order valence-electron chi connectivity index (χ1n) is 8.13. The van der Waals surface area contributed by atoms with Crippen molar-refractivity contribution in [1.82, 2.24) is 0 Å². The monoisotopic (exact) mass is 356 g/mol. The first kappa shape index (κ1) is 17.6. The Morgan fingerprint density at radius 1 is 1.12 bits per heavy atom. The molecular formula is C19H20N2O5. The highest BCUT2D eigenvalue weighted by molar-refractivity contribution is 5.97. The molecule has 1 unspecified atom stereocenters. The zero-order valence-electron chi connectivity index (χ0n) is 14.8. The fourth-order valence-electron chi connectivity index (χ4n) is 2.41. The maximum absolute atomic E-state index is 12.3. The van der Waals surface area contributed by atoms with E-state index in [4.69, 9.17) is 14.2 Å². The van der Waals surface area contributed by atoms with Gasteiger partial charge in [0.1, 0.15) is 0 Å². The molecule has 26 heavy (non-hydrogen) atoms.